The second-order valence-electron chi connectivity index (χ2n) is 5.79. The van der Waals surface area contributed by atoms with E-state index in [1.165, 1.54) is 57.8 Å². The number of unbranched alkanes of at least 4 members (excludes halogenated alkanes) is 9. The molecule has 0 aromatic heterocycles. The summed E-state index contributed by atoms with van der Waals surface area (Å²) in [5.41, 5.74) is 0. The van der Waals surface area contributed by atoms with Crippen molar-refractivity contribution in [1.82, 2.24) is 0 Å². The van der Waals surface area contributed by atoms with Gasteiger partial charge in [0.2, 0.25) is 0 Å². The van der Waals surface area contributed by atoms with E-state index in [4.69, 9.17) is 0 Å². The van der Waals surface area contributed by atoms with Gasteiger partial charge in [0.05, 0.1) is 5.92 Å². The van der Waals surface area contributed by atoms with Crippen LogP contribution in [0.2, 0.25) is 0 Å². The van der Waals surface area contributed by atoms with Gasteiger partial charge in [-0.3, -0.25) is 4.79 Å². The largest absolute Gasteiger partial charge is 0.481 e. The van der Waals surface area contributed by atoms with Crippen molar-refractivity contribution in [2.75, 3.05) is 0 Å². The fraction of sp³-hybridized carbons (Fsp3) is 0.941. The molecule has 114 valence electrons. The topological polar surface area (TPSA) is 37.3 Å². The average molecular weight is 270 g/mol. The molecule has 0 saturated heterocycles. The number of carboxylic acids is 1. The molecule has 0 fully saturated rings. The highest BCUT2D eigenvalue weighted by Gasteiger charge is 2.15. The van der Waals surface area contributed by atoms with Gasteiger partial charge >= 0.3 is 5.97 Å². The Balaban J connectivity index is 3.51. The van der Waals surface area contributed by atoms with Crippen molar-refractivity contribution in [1.29, 1.82) is 0 Å². The van der Waals surface area contributed by atoms with Crippen LogP contribution < -0.4 is 0 Å². The van der Waals surface area contributed by atoms with Gasteiger partial charge in [0.25, 0.3) is 0 Å². The Morgan fingerprint density at radius 1 is 0.737 bits per heavy atom. The normalized spacial score (nSPS) is 12.5. The van der Waals surface area contributed by atoms with Crippen LogP contribution in [0.3, 0.4) is 0 Å². The van der Waals surface area contributed by atoms with Crippen LogP contribution in [0.1, 0.15) is 97.3 Å². The SMILES string of the molecule is CCCCCCCCCC(CCCCCC)C(=O)O. The van der Waals surface area contributed by atoms with E-state index in [1.54, 1.807) is 0 Å². The van der Waals surface area contributed by atoms with E-state index >= 15 is 0 Å². The van der Waals surface area contributed by atoms with Gasteiger partial charge in [-0.1, -0.05) is 84.5 Å². The fourth-order valence-electron chi connectivity index (χ4n) is 2.56. The lowest BCUT2D eigenvalue weighted by molar-refractivity contribution is -0.142. The van der Waals surface area contributed by atoms with Gasteiger partial charge < -0.3 is 5.11 Å². The van der Waals surface area contributed by atoms with Gasteiger partial charge in [-0.05, 0) is 12.8 Å². The van der Waals surface area contributed by atoms with Crippen molar-refractivity contribution in [3.63, 3.8) is 0 Å². The lowest BCUT2D eigenvalue weighted by Crippen LogP contribution is -2.13. The van der Waals surface area contributed by atoms with Crippen molar-refractivity contribution < 1.29 is 9.90 Å². The first-order valence-corrected chi connectivity index (χ1v) is 8.45. The summed E-state index contributed by atoms with van der Waals surface area (Å²) in [4.78, 5) is 11.2. The first kappa shape index (κ1) is 18.5. The molecular formula is C17H34O2. The molecule has 0 saturated carbocycles. The Morgan fingerprint density at radius 2 is 1.11 bits per heavy atom. The Labute approximate surface area is 120 Å². The molecular weight excluding hydrogens is 236 g/mol. The second-order valence-corrected chi connectivity index (χ2v) is 5.79. The fourth-order valence-corrected chi connectivity index (χ4v) is 2.56. The van der Waals surface area contributed by atoms with E-state index in [0.29, 0.717) is 0 Å². The zero-order valence-electron chi connectivity index (χ0n) is 13.1. The summed E-state index contributed by atoms with van der Waals surface area (Å²) in [6, 6.07) is 0. The van der Waals surface area contributed by atoms with E-state index in [9.17, 15) is 9.90 Å². The van der Waals surface area contributed by atoms with E-state index < -0.39 is 5.97 Å². The summed E-state index contributed by atoms with van der Waals surface area (Å²) in [6.07, 6.45) is 15.4. The lowest BCUT2D eigenvalue weighted by atomic mass is 9.94. The van der Waals surface area contributed by atoms with E-state index in [1.807, 2.05) is 0 Å². The predicted octanol–water partition coefficient (Wildman–Crippen LogP) is 5.80. The molecule has 0 aromatic rings. The highest BCUT2D eigenvalue weighted by Crippen LogP contribution is 2.19. The van der Waals surface area contributed by atoms with Crippen molar-refractivity contribution in [2.45, 2.75) is 97.3 Å². The van der Waals surface area contributed by atoms with Gasteiger partial charge in [-0.25, -0.2) is 0 Å². The van der Waals surface area contributed by atoms with Crippen LogP contribution in [-0.4, -0.2) is 11.1 Å². The molecule has 2 nitrogen and oxygen atoms in total. The van der Waals surface area contributed by atoms with Crippen LogP contribution in [0.5, 0.6) is 0 Å². The lowest BCUT2D eigenvalue weighted by Gasteiger charge is -2.11. The molecule has 19 heavy (non-hydrogen) atoms. The third-order valence-corrected chi connectivity index (χ3v) is 3.91. The molecule has 1 N–H and O–H groups in total. The molecule has 0 aliphatic rings. The van der Waals surface area contributed by atoms with E-state index in [2.05, 4.69) is 13.8 Å². The van der Waals surface area contributed by atoms with E-state index in [-0.39, 0.29) is 5.92 Å². The van der Waals surface area contributed by atoms with Crippen LogP contribution in [0.15, 0.2) is 0 Å². The summed E-state index contributed by atoms with van der Waals surface area (Å²) >= 11 is 0. The number of hydrogen-bond acceptors (Lipinski definition) is 1. The summed E-state index contributed by atoms with van der Waals surface area (Å²) in [5.74, 6) is -0.671. The van der Waals surface area contributed by atoms with Gasteiger partial charge in [0.1, 0.15) is 0 Å². The summed E-state index contributed by atoms with van der Waals surface area (Å²) in [7, 11) is 0. The Bertz CT molecular complexity index is 201. The quantitative estimate of drug-likeness (QED) is 0.405. The van der Waals surface area contributed by atoms with Crippen molar-refractivity contribution in [3.8, 4) is 0 Å². The van der Waals surface area contributed by atoms with Gasteiger partial charge in [-0.15, -0.1) is 0 Å². The smallest absolute Gasteiger partial charge is 0.306 e. The number of carbonyl (C=O) groups is 1. The Kier molecular flexibility index (Phi) is 13.5. The first-order chi connectivity index (χ1) is 9.22. The van der Waals surface area contributed by atoms with Crippen LogP contribution in [-0.2, 0) is 4.79 Å². The number of hydrogen-bond donors (Lipinski definition) is 1. The molecule has 0 heterocycles. The summed E-state index contributed by atoms with van der Waals surface area (Å²) in [6.45, 7) is 4.42. The number of carboxylic acid groups (broad SMARTS) is 1. The van der Waals surface area contributed by atoms with Crippen molar-refractivity contribution >= 4 is 5.97 Å². The average Bonchev–Trinajstić information content (AvgIpc) is 2.39. The minimum Gasteiger partial charge on any atom is -0.481 e. The third kappa shape index (κ3) is 12.3. The zero-order chi connectivity index (χ0) is 14.3. The molecule has 2 heteroatoms. The highest BCUT2D eigenvalue weighted by molar-refractivity contribution is 5.69. The van der Waals surface area contributed by atoms with Crippen molar-refractivity contribution in [2.24, 2.45) is 5.92 Å². The summed E-state index contributed by atoms with van der Waals surface area (Å²) < 4.78 is 0. The first-order valence-electron chi connectivity index (χ1n) is 8.45. The molecule has 0 amide bonds. The maximum absolute atomic E-state index is 11.2. The van der Waals surface area contributed by atoms with Crippen LogP contribution in [0.25, 0.3) is 0 Å². The Hall–Kier alpha value is -0.530. The second kappa shape index (κ2) is 13.9. The molecule has 1 unspecified atom stereocenters. The summed E-state index contributed by atoms with van der Waals surface area (Å²) in [5, 5.41) is 9.20. The number of aliphatic carboxylic acids is 1. The molecule has 0 bridgehead atoms. The van der Waals surface area contributed by atoms with Crippen LogP contribution in [0, 0.1) is 5.92 Å². The molecule has 0 aromatic carbocycles. The molecule has 0 spiro atoms. The Morgan fingerprint density at radius 3 is 1.53 bits per heavy atom. The van der Waals surface area contributed by atoms with Gasteiger partial charge in [0.15, 0.2) is 0 Å². The third-order valence-electron chi connectivity index (χ3n) is 3.91. The van der Waals surface area contributed by atoms with Crippen molar-refractivity contribution in [3.05, 3.63) is 0 Å². The van der Waals surface area contributed by atoms with Gasteiger partial charge in [-0.2, -0.15) is 0 Å². The minimum atomic E-state index is -0.581. The standard InChI is InChI=1S/C17H34O2/c1-3-5-7-9-10-11-13-15-16(17(18)19)14-12-8-6-4-2/h16H,3-15H2,1-2H3,(H,18,19). The molecule has 1 atom stereocenters. The maximum Gasteiger partial charge on any atom is 0.306 e. The van der Waals surface area contributed by atoms with E-state index in [0.717, 1.165) is 25.7 Å². The molecule has 0 rings (SSSR count). The molecule has 0 aliphatic carbocycles. The maximum atomic E-state index is 11.2. The van der Waals surface area contributed by atoms with Crippen LogP contribution in [0.4, 0.5) is 0 Å². The highest BCUT2D eigenvalue weighted by atomic mass is 16.4. The predicted molar refractivity (Wildman–Crippen MR) is 82.5 cm³/mol. The molecule has 0 radical (unpaired) electrons. The minimum absolute atomic E-state index is 0.0903. The van der Waals surface area contributed by atoms with Crippen LogP contribution >= 0.6 is 0 Å². The number of rotatable bonds is 14. The van der Waals surface area contributed by atoms with Gasteiger partial charge in [0, 0.05) is 0 Å². The monoisotopic (exact) mass is 270 g/mol. The molecule has 0 aliphatic heterocycles. The zero-order valence-corrected chi connectivity index (χ0v) is 13.1.